The molecule has 0 radical (unpaired) electrons. The minimum Gasteiger partial charge on any atom is -0.465 e. The summed E-state index contributed by atoms with van der Waals surface area (Å²) in [6.07, 6.45) is 4.16. The lowest BCUT2D eigenvalue weighted by Gasteiger charge is -2.21. The molecule has 2 aromatic carbocycles. The highest BCUT2D eigenvalue weighted by atomic mass is 19.1. The molecule has 5 rings (SSSR count). The summed E-state index contributed by atoms with van der Waals surface area (Å²) < 4.78 is 26.9. The minimum atomic E-state index is -1.18. The topological polar surface area (TPSA) is 105 Å². The van der Waals surface area contributed by atoms with Crippen molar-refractivity contribution in [2.75, 3.05) is 25.2 Å². The average Bonchev–Trinajstić information content (AvgIpc) is 3.61. The molecular formula is C29H29FN4O5. The number of aromatic nitrogens is 2. The van der Waals surface area contributed by atoms with Crippen LogP contribution >= 0.6 is 0 Å². The summed E-state index contributed by atoms with van der Waals surface area (Å²) in [4.78, 5) is 30.5. The standard InChI is InChI=1S/C29H29FN4O5/c1-17-4-6-20(30)13-26(17)39-22-14-24(33(29(36)37)10-11-38-3)27-31-15-25(34(27)16-22)19-5-9-23(18(2)12-19)28(35)32-21-7-8-21/h4-6,9,12-16,21H,7-8,10-11H2,1-3H3,(H,32,35)(H,36,37). The van der Waals surface area contributed by atoms with E-state index in [-0.39, 0.29) is 30.8 Å². The maximum atomic E-state index is 14.0. The molecule has 2 amide bonds. The highest BCUT2D eigenvalue weighted by Gasteiger charge is 2.25. The molecule has 2 heterocycles. The molecule has 0 bridgehead atoms. The molecule has 0 saturated heterocycles. The Kier molecular flexibility index (Phi) is 7.21. The second-order valence-corrected chi connectivity index (χ2v) is 9.61. The van der Waals surface area contributed by atoms with E-state index in [2.05, 4.69) is 10.3 Å². The molecule has 0 aliphatic heterocycles. The summed E-state index contributed by atoms with van der Waals surface area (Å²) in [6, 6.07) is 11.6. The Hall–Kier alpha value is -4.44. The molecule has 0 spiro atoms. The fourth-order valence-electron chi connectivity index (χ4n) is 4.39. The van der Waals surface area contributed by atoms with Crippen LogP contribution in [0.15, 0.2) is 54.9 Å². The summed E-state index contributed by atoms with van der Waals surface area (Å²) in [5.41, 5.74) is 4.25. The van der Waals surface area contributed by atoms with Crippen LogP contribution in [0.25, 0.3) is 16.9 Å². The number of aryl methyl sites for hydroxylation is 2. The van der Waals surface area contributed by atoms with Crippen LogP contribution in [0, 0.1) is 19.7 Å². The Morgan fingerprint density at radius 3 is 2.64 bits per heavy atom. The van der Waals surface area contributed by atoms with Crippen molar-refractivity contribution >= 4 is 23.3 Å². The molecule has 1 aliphatic rings. The van der Waals surface area contributed by atoms with Gasteiger partial charge in [0.2, 0.25) is 0 Å². The number of rotatable bonds is 9. The van der Waals surface area contributed by atoms with Crippen molar-refractivity contribution in [3.05, 3.63) is 77.4 Å². The number of halogens is 1. The number of carboxylic acid groups (broad SMARTS) is 1. The van der Waals surface area contributed by atoms with Crippen LogP contribution in [0.2, 0.25) is 0 Å². The fraction of sp³-hybridized carbons (Fsp3) is 0.276. The molecule has 0 atom stereocenters. The SMILES string of the molecule is COCCN(C(=O)O)c1cc(Oc2cc(F)ccc2C)cn2c(-c3ccc(C(=O)NC4CC4)c(C)c3)cnc12. The van der Waals surface area contributed by atoms with E-state index < -0.39 is 11.9 Å². The quantitative estimate of drug-likeness (QED) is 0.292. The van der Waals surface area contributed by atoms with Gasteiger partial charge in [-0.05, 0) is 56.0 Å². The minimum absolute atomic E-state index is 0.0655. The summed E-state index contributed by atoms with van der Waals surface area (Å²) >= 11 is 0. The first-order valence-electron chi connectivity index (χ1n) is 12.6. The number of methoxy groups -OCH3 is 1. The van der Waals surface area contributed by atoms with Crippen LogP contribution in [-0.2, 0) is 4.74 Å². The van der Waals surface area contributed by atoms with Crippen molar-refractivity contribution in [2.24, 2.45) is 0 Å². The second-order valence-electron chi connectivity index (χ2n) is 9.61. The number of benzene rings is 2. The fourth-order valence-corrected chi connectivity index (χ4v) is 4.39. The number of carbonyl (C=O) groups excluding carboxylic acids is 1. The number of nitrogens with zero attached hydrogens (tertiary/aromatic N) is 3. The molecule has 202 valence electrons. The van der Waals surface area contributed by atoms with E-state index in [1.54, 1.807) is 41.9 Å². The number of fused-ring (bicyclic) bond motifs is 1. The highest BCUT2D eigenvalue weighted by Crippen LogP contribution is 2.34. The van der Waals surface area contributed by atoms with Crippen LogP contribution in [0.3, 0.4) is 0 Å². The van der Waals surface area contributed by atoms with Gasteiger partial charge in [0, 0.05) is 36.4 Å². The third-order valence-corrected chi connectivity index (χ3v) is 6.66. The van der Waals surface area contributed by atoms with Crippen molar-refractivity contribution in [1.29, 1.82) is 0 Å². The molecule has 1 fully saturated rings. The van der Waals surface area contributed by atoms with Gasteiger partial charge in [-0.1, -0.05) is 12.1 Å². The highest BCUT2D eigenvalue weighted by molar-refractivity contribution is 5.97. The Morgan fingerprint density at radius 2 is 1.95 bits per heavy atom. The summed E-state index contributed by atoms with van der Waals surface area (Å²) in [5.74, 6) is 0.0565. The number of hydrogen-bond donors (Lipinski definition) is 2. The van der Waals surface area contributed by atoms with Crippen molar-refractivity contribution < 1.29 is 28.6 Å². The Morgan fingerprint density at radius 1 is 1.15 bits per heavy atom. The van der Waals surface area contributed by atoms with Crippen molar-refractivity contribution in [3.8, 4) is 22.8 Å². The predicted octanol–water partition coefficient (Wildman–Crippen LogP) is 5.57. The van der Waals surface area contributed by atoms with Gasteiger partial charge in [-0.3, -0.25) is 14.1 Å². The van der Waals surface area contributed by atoms with E-state index in [1.165, 1.54) is 19.2 Å². The normalized spacial score (nSPS) is 12.9. The van der Waals surface area contributed by atoms with Crippen LogP contribution in [0.1, 0.15) is 34.3 Å². The average molecular weight is 533 g/mol. The maximum Gasteiger partial charge on any atom is 0.412 e. The predicted molar refractivity (Wildman–Crippen MR) is 144 cm³/mol. The molecule has 2 N–H and O–H groups in total. The van der Waals surface area contributed by atoms with Gasteiger partial charge in [-0.15, -0.1) is 0 Å². The van der Waals surface area contributed by atoms with E-state index in [1.807, 2.05) is 19.1 Å². The zero-order chi connectivity index (χ0) is 27.7. The number of nitrogens with one attached hydrogen (secondary N) is 1. The van der Waals surface area contributed by atoms with E-state index >= 15 is 0 Å². The maximum absolute atomic E-state index is 14.0. The van der Waals surface area contributed by atoms with Gasteiger partial charge in [-0.2, -0.15) is 0 Å². The lowest BCUT2D eigenvalue weighted by atomic mass is 10.0. The van der Waals surface area contributed by atoms with Crippen LogP contribution in [0.4, 0.5) is 14.9 Å². The van der Waals surface area contributed by atoms with E-state index in [9.17, 15) is 19.1 Å². The van der Waals surface area contributed by atoms with Gasteiger partial charge >= 0.3 is 6.09 Å². The summed E-state index contributed by atoms with van der Waals surface area (Å²) in [7, 11) is 1.49. The van der Waals surface area contributed by atoms with Gasteiger partial charge in [0.25, 0.3) is 5.91 Å². The second kappa shape index (κ2) is 10.7. The molecule has 39 heavy (non-hydrogen) atoms. The molecule has 2 aromatic heterocycles. The smallest absolute Gasteiger partial charge is 0.412 e. The number of carbonyl (C=O) groups is 2. The molecule has 10 heteroatoms. The number of amides is 2. The number of hydrogen-bond acceptors (Lipinski definition) is 5. The summed E-state index contributed by atoms with van der Waals surface area (Å²) in [6.45, 7) is 3.90. The van der Waals surface area contributed by atoms with Crippen molar-refractivity contribution in [1.82, 2.24) is 14.7 Å². The van der Waals surface area contributed by atoms with E-state index in [0.717, 1.165) is 28.9 Å². The van der Waals surface area contributed by atoms with Gasteiger partial charge < -0.3 is 19.9 Å². The molecule has 4 aromatic rings. The van der Waals surface area contributed by atoms with Gasteiger partial charge in [-0.25, -0.2) is 14.2 Å². The zero-order valence-electron chi connectivity index (χ0n) is 21.9. The van der Waals surface area contributed by atoms with Crippen molar-refractivity contribution in [2.45, 2.75) is 32.7 Å². The number of pyridine rings is 1. The van der Waals surface area contributed by atoms with Gasteiger partial charge in [0.15, 0.2) is 5.65 Å². The van der Waals surface area contributed by atoms with Crippen molar-refractivity contribution in [3.63, 3.8) is 0 Å². The van der Waals surface area contributed by atoms with Crippen LogP contribution < -0.4 is 15.0 Å². The van der Waals surface area contributed by atoms with E-state index in [4.69, 9.17) is 9.47 Å². The number of imidazole rings is 1. The monoisotopic (exact) mass is 532 g/mol. The molecule has 1 aliphatic carbocycles. The molecule has 0 unspecified atom stereocenters. The van der Waals surface area contributed by atoms with Gasteiger partial charge in [0.1, 0.15) is 17.3 Å². The summed E-state index contributed by atoms with van der Waals surface area (Å²) in [5, 5.41) is 13.0. The molecule has 1 saturated carbocycles. The number of anilines is 1. The van der Waals surface area contributed by atoms with E-state index in [0.29, 0.717) is 34.0 Å². The van der Waals surface area contributed by atoms with Crippen LogP contribution in [0.5, 0.6) is 11.5 Å². The van der Waals surface area contributed by atoms with Gasteiger partial charge in [0.05, 0.1) is 36.9 Å². The Bertz CT molecular complexity index is 1560. The number of ether oxygens (including phenoxy) is 2. The first-order chi connectivity index (χ1) is 18.7. The Balaban J connectivity index is 1.61. The van der Waals surface area contributed by atoms with Crippen LogP contribution in [-0.4, -0.2) is 52.8 Å². The first-order valence-corrected chi connectivity index (χ1v) is 12.6. The Labute approximate surface area is 224 Å². The largest absolute Gasteiger partial charge is 0.465 e. The zero-order valence-corrected chi connectivity index (χ0v) is 21.9. The third-order valence-electron chi connectivity index (χ3n) is 6.66. The third kappa shape index (κ3) is 5.56. The molecular weight excluding hydrogens is 503 g/mol. The molecule has 9 nitrogen and oxygen atoms in total. The lowest BCUT2D eigenvalue weighted by Crippen LogP contribution is -2.33. The first kappa shape index (κ1) is 26.2. The lowest BCUT2D eigenvalue weighted by molar-refractivity contribution is 0.0950.